The van der Waals surface area contributed by atoms with E-state index in [0.29, 0.717) is 12.3 Å². The molecule has 0 aliphatic heterocycles. The first-order chi connectivity index (χ1) is 8.15. The van der Waals surface area contributed by atoms with Crippen molar-refractivity contribution in [2.24, 2.45) is 0 Å². The van der Waals surface area contributed by atoms with Crippen LogP contribution in [0.4, 0.5) is 5.69 Å². The summed E-state index contributed by atoms with van der Waals surface area (Å²) in [5.74, 6) is -0.147. The lowest BCUT2D eigenvalue weighted by Gasteiger charge is -2.15. The zero-order valence-corrected chi connectivity index (χ0v) is 9.85. The molecule has 1 unspecified atom stereocenters. The molecule has 0 radical (unpaired) electrons. The fourth-order valence-electron chi connectivity index (χ4n) is 1.44. The van der Waals surface area contributed by atoms with Gasteiger partial charge >= 0.3 is 0 Å². The Bertz CT molecular complexity index is 351. The first-order valence-corrected chi connectivity index (χ1v) is 5.39. The number of nitrogen functional groups attached to an aromatic ring is 1. The van der Waals surface area contributed by atoms with Crippen LogP contribution in [-0.4, -0.2) is 37.4 Å². The van der Waals surface area contributed by atoms with Crippen molar-refractivity contribution in [1.82, 2.24) is 5.32 Å². The van der Waals surface area contributed by atoms with E-state index >= 15 is 0 Å². The van der Waals surface area contributed by atoms with Crippen LogP contribution in [0.5, 0.6) is 0 Å². The quantitative estimate of drug-likeness (QED) is 0.606. The summed E-state index contributed by atoms with van der Waals surface area (Å²) in [7, 11) is 1.52. The third-order valence-electron chi connectivity index (χ3n) is 2.30. The number of amides is 1. The number of hydrogen-bond acceptors (Lipinski definition) is 4. The van der Waals surface area contributed by atoms with E-state index in [1.807, 2.05) is 0 Å². The molecule has 0 saturated carbocycles. The van der Waals surface area contributed by atoms with Crippen LogP contribution in [0.3, 0.4) is 0 Å². The summed E-state index contributed by atoms with van der Waals surface area (Å²) in [4.78, 5) is 11.6. The first kappa shape index (κ1) is 13.5. The molecular formula is C12H18N2O3. The fraction of sp³-hybridized carbons (Fsp3) is 0.417. The molecule has 0 aromatic heterocycles. The minimum absolute atomic E-state index is 0.138. The second-order valence-electron chi connectivity index (χ2n) is 3.82. The van der Waals surface area contributed by atoms with Gasteiger partial charge in [0, 0.05) is 12.8 Å². The third-order valence-corrected chi connectivity index (χ3v) is 2.30. The highest BCUT2D eigenvalue weighted by molar-refractivity contribution is 5.79. The normalized spacial score (nSPS) is 12.1. The molecule has 94 valence electrons. The van der Waals surface area contributed by atoms with Crippen molar-refractivity contribution in [1.29, 1.82) is 0 Å². The summed E-state index contributed by atoms with van der Waals surface area (Å²) in [6, 6.07) is 6.75. The number of benzene rings is 1. The van der Waals surface area contributed by atoms with Crippen molar-refractivity contribution in [3.05, 3.63) is 29.8 Å². The fourth-order valence-corrected chi connectivity index (χ4v) is 1.44. The Labute approximate surface area is 101 Å². The van der Waals surface area contributed by atoms with Crippen molar-refractivity contribution < 1.29 is 14.6 Å². The molecule has 1 amide bonds. The van der Waals surface area contributed by atoms with Gasteiger partial charge in [0.25, 0.3) is 0 Å². The molecule has 1 atom stereocenters. The Balaban J connectivity index is 2.46. The average molecular weight is 238 g/mol. The third kappa shape index (κ3) is 4.84. The van der Waals surface area contributed by atoms with Crippen molar-refractivity contribution in [3.63, 3.8) is 0 Å². The molecule has 0 saturated heterocycles. The highest BCUT2D eigenvalue weighted by Gasteiger charge is 2.11. The van der Waals surface area contributed by atoms with E-state index in [1.54, 1.807) is 24.3 Å². The van der Waals surface area contributed by atoms with Gasteiger partial charge in [0.15, 0.2) is 0 Å². The molecule has 0 aliphatic rings. The van der Waals surface area contributed by atoms with Crippen LogP contribution in [0.2, 0.25) is 0 Å². The molecule has 1 aromatic carbocycles. The molecule has 1 aromatic rings. The van der Waals surface area contributed by atoms with Crippen LogP contribution >= 0.6 is 0 Å². The summed E-state index contributed by atoms with van der Waals surface area (Å²) in [5.41, 5.74) is 7.10. The second-order valence-corrected chi connectivity index (χ2v) is 3.82. The molecule has 0 fully saturated rings. The van der Waals surface area contributed by atoms with Gasteiger partial charge in [-0.15, -0.1) is 0 Å². The highest BCUT2D eigenvalue weighted by atomic mass is 16.5. The number of anilines is 1. The van der Waals surface area contributed by atoms with Crippen molar-refractivity contribution >= 4 is 11.6 Å². The molecule has 0 heterocycles. The summed E-state index contributed by atoms with van der Waals surface area (Å²) in [5, 5.41) is 11.7. The predicted molar refractivity (Wildman–Crippen MR) is 65.5 cm³/mol. The number of ether oxygens (including phenoxy) is 1. The first-order valence-electron chi connectivity index (χ1n) is 5.39. The van der Waals surface area contributed by atoms with Crippen LogP contribution in [0.1, 0.15) is 5.56 Å². The standard InChI is InChI=1S/C12H18N2O3/c1-17-8-11(7-15)14-12(16)6-9-2-4-10(13)5-3-9/h2-5,11,15H,6-8,13H2,1H3,(H,14,16). The zero-order valence-electron chi connectivity index (χ0n) is 9.85. The number of rotatable bonds is 6. The van der Waals surface area contributed by atoms with E-state index in [4.69, 9.17) is 15.6 Å². The molecule has 1 rings (SSSR count). The van der Waals surface area contributed by atoms with Crippen molar-refractivity contribution in [2.75, 3.05) is 26.1 Å². The number of carbonyl (C=O) groups excluding carboxylic acids is 1. The topological polar surface area (TPSA) is 84.6 Å². The Morgan fingerprint density at radius 2 is 2.12 bits per heavy atom. The second kappa shape index (κ2) is 6.88. The molecule has 17 heavy (non-hydrogen) atoms. The lowest BCUT2D eigenvalue weighted by Crippen LogP contribution is -2.41. The molecule has 0 aliphatic carbocycles. The van der Waals surface area contributed by atoms with Gasteiger partial charge in [-0.25, -0.2) is 0 Å². The Kier molecular flexibility index (Phi) is 5.45. The lowest BCUT2D eigenvalue weighted by molar-refractivity contribution is -0.121. The van der Waals surface area contributed by atoms with Gasteiger partial charge in [-0.05, 0) is 17.7 Å². The minimum Gasteiger partial charge on any atom is -0.399 e. The molecule has 0 bridgehead atoms. The molecule has 5 nitrogen and oxygen atoms in total. The van der Waals surface area contributed by atoms with Crippen LogP contribution in [-0.2, 0) is 16.0 Å². The van der Waals surface area contributed by atoms with Crippen LogP contribution in [0.25, 0.3) is 0 Å². The lowest BCUT2D eigenvalue weighted by atomic mass is 10.1. The van der Waals surface area contributed by atoms with Gasteiger partial charge < -0.3 is 20.9 Å². The molecule has 0 spiro atoms. The van der Waals surface area contributed by atoms with Gasteiger partial charge in [0.2, 0.25) is 5.91 Å². The Morgan fingerprint density at radius 1 is 1.47 bits per heavy atom. The van der Waals surface area contributed by atoms with Gasteiger partial charge in [-0.2, -0.15) is 0 Å². The number of carbonyl (C=O) groups is 1. The number of nitrogens with one attached hydrogen (secondary N) is 1. The number of aliphatic hydroxyl groups excluding tert-OH is 1. The smallest absolute Gasteiger partial charge is 0.224 e. The number of nitrogens with two attached hydrogens (primary N) is 1. The van der Waals surface area contributed by atoms with Gasteiger partial charge in [-0.1, -0.05) is 12.1 Å². The van der Waals surface area contributed by atoms with Crippen molar-refractivity contribution in [3.8, 4) is 0 Å². The van der Waals surface area contributed by atoms with E-state index in [2.05, 4.69) is 5.32 Å². The van der Waals surface area contributed by atoms with E-state index in [9.17, 15) is 4.79 Å². The van der Waals surface area contributed by atoms with Gasteiger partial charge in [0.1, 0.15) is 0 Å². The van der Waals surface area contributed by atoms with Gasteiger partial charge in [0.05, 0.1) is 25.7 Å². The SMILES string of the molecule is COCC(CO)NC(=O)Cc1ccc(N)cc1. The summed E-state index contributed by atoms with van der Waals surface area (Å²) in [6.07, 6.45) is 0.264. The Hall–Kier alpha value is -1.59. The maximum absolute atomic E-state index is 11.6. The number of aliphatic hydroxyl groups is 1. The van der Waals surface area contributed by atoms with Crippen LogP contribution in [0, 0.1) is 0 Å². The van der Waals surface area contributed by atoms with E-state index in [-0.39, 0.29) is 25.0 Å². The molecular weight excluding hydrogens is 220 g/mol. The number of methoxy groups -OCH3 is 1. The van der Waals surface area contributed by atoms with Crippen LogP contribution in [0.15, 0.2) is 24.3 Å². The maximum Gasteiger partial charge on any atom is 0.224 e. The highest BCUT2D eigenvalue weighted by Crippen LogP contribution is 2.06. The number of hydrogen-bond donors (Lipinski definition) is 3. The monoisotopic (exact) mass is 238 g/mol. The summed E-state index contributed by atoms with van der Waals surface area (Å²) in [6.45, 7) is 0.158. The van der Waals surface area contributed by atoms with Crippen LogP contribution < -0.4 is 11.1 Å². The van der Waals surface area contributed by atoms with Crippen molar-refractivity contribution in [2.45, 2.75) is 12.5 Å². The minimum atomic E-state index is -0.360. The molecule has 5 heteroatoms. The van der Waals surface area contributed by atoms with Gasteiger partial charge in [-0.3, -0.25) is 4.79 Å². The Morgan fingerprint density at radius 3 is 2.65 bits per heavy atom. The largest absolute Gasteiger partial charge is 0.399 e. The average Bonchev–Trinajstić information content (AvgIpc) is 2.31. The zero-order chi connectivity index (χ0) is 12.7. The summed E-state index contributed by atoms with van der Waals surface area (Å²) < 4.78 is 4.87. The molecule has 4 N–H and O–H groups in total. The maximum atomic E-state index is 11.6. The predicted octanol–water partition coefficient (Wildman–Crippen LogP) is -0.0652. The van der Waals surface area contributed by atoms with E-state index in [0.717, 1.165) is 5.56 Å². The summed E-state index contributed by atoms with van der Waals surface area (Å²) >= 11 is 0. The van der Waals surface area contributed by atoms with E-state index < -0.39 is 0 Å². The van der Waals surface area contributed by atoms with E-state index in [1.165, 1.54) is 7.11 Å².